The van der Waals surface area contributed by atoms with Crippen LogP contribution in [0.3, 0.4) is 0 Å². The van der Waals surface area contributed by atoms with Crippen molar-refractivity contribution in [2.24, 2.45) is 7.05 Å². The molecule has 0 radical (unpaired) electrons. The minimum absolute atomic E-state index is 0.165. The monoisotopic (exact) mass is 324 g/mol. The highest BCUT2D eigenvalue weighted by atomic mass is 16.5. The molecular formula is C17H16N4O3. The van der Waals surface area contributed by atoms with Crippen LogP contribution in [0.15, 0.2) is 30.5 Å². The number of Topliss-reactive ketones (excluding diaryl/α,β-unsaturated/α-hetero) is 1. The van der Waals surface area contributed by atoms with Crippen molar-refractivity contribution in [1.29, 1.82) is 0 Å². The Morgan fingerprint density at radius 2 is 1.96 bits per heavy atom. The Balaban J connectivity index is 1.86. The van der Waals surface area contributed by atoms with E-state index in [1.54, 1.807) is 7.05 Å². The smallest absolute Gasteiger partial charge is 0.339 e. The van der Waals surface area contributed by atoms with Crippen LogP contribution in [0.2, 0.25) is 0 Å². The van der Waals surface area contributed by atoms with E-state index in [9.17, 15) is 9.59 Å². The first-order valence-electron chi connectivity index (χ1n) is 7.40. The van der Waals surface area contributed by atoms with Gasteiger partial charge in [0.2, 0.25) is 5.78 Å². The molecule has 3 aromatic rings. The van der Waals surface area contributed by atoms with Crippen LogP contribution in [0.5, 0.6) is 0 Å². The molecule has 0 saturated carbocycles. The normalized spacial score (nSPS) is 10.8. The summed E-state index contributed by atoms with van der Waals surface area (Å²) in [4.78, 5) is 29.0. The molecule has 122 valence electrons. The number of benzene rings is 1. The number of esters is 1. The van der Waals surface area contributed by atoms with Gasteiger partial charge in [-0.05, 0) is 25.5 Å². The first-order chi connectivity index (χ1) is 11.5. The Kier molecular flexibility index (Phi) is 4.07. The zero-order valence-electron chi connectivity index (χ0n) is 13.6. The van der Waals surface area contributed by atoms with Crippen molar-refractivity contribution >= 4 is 22.7 Å². The zero-order chi connectivity index (χ0) is 17.3. The second-order valence-electron chi connectivity index (χ2n) is 5.49. The van der Waals surface area contributed by atoms with Gasteiger partial charge in [0.05, 0.1) is 17.3 Å². The molecule has 3 rings (SSSR count). The molecule has 0 aliphatic carbocycles. The molecule has 0 aliphatic rings. The lowest BCUT2D eigenvalue weighted by Gasteiger charge is -2.11. The molecule has 0 atom stereocenters. The predicted octanol–water partition coefficient (Wildman–Crippen LogP) is 2.02. The third-order valence-electron chi connectivity index (χ3n) is 3.81. The van der Waals surface area contributed by atoms with Crippen LogP contribution >= 0.6 is 0 Å². The van der Waals surface area contributed by atoms with Crippen molar-refractivity contribution in [3.05, 3.63) is 53.0 Å². The van der Waals surface area contributed by atoms with Crippen molar-refractivity contribution in [2.75, 3.05) is 6.61 Å². The molecule has 7 heteroatoms. The number of ketones is 1. The molecule has 7 nitrogen and oxygen atoms in total. The summed E-state index contributed by atoms with van der Waals surface area (Å²) in [6.07, 6.45) is 1.48. The maximum absolute atomic E-state index is 12.5. The molecule has 0 fully saturated rings. The van der Waals surface area contributed by atoms with Crippen molar-refractivity contribution in [3.63, 3.8) is 0 Å². The van der Waals surface area contributed by atoms with E-state index >= 15 is 0 Å². The Morgan fingerprint density at radius 3 is 2.67 bits per heavy atom. The first-order valence-corrected chi connectivity index (χ1v) is 7.40. The van der Waals surface area contributed by atoms with Gasteiger partial charge in [0.25, 0.3) is 0 Å². The van der Waals surface area contributed by atoms with E-state index in [1.165, 1.54) is 10.9 Å². The van der Waals surface area contributed by atoms with Gasteiger partial charge < -0.3 is 4.74 Å². The highest BCUT2D eigenvalue weighted by Crippen LogP contribution is 2.23. The van der Waals surface area contributed by atoms with Crippen LogP contribution < -0.4 is 0 Å². The van der Waals surface area contributed by atoms with E-state index in [-0.39, 0.29) is 12.3 Å². The van der Waals surface area contributed by atoms with Gasteiger partial charge in [-0.25, -0.2) is 4.79 Å². The van der Waals surface area contributed by atoms with E-state index in [0.29, 0.717) is 16.5 Å². The van der Waals surface area contributed by atoms with Crippen LogP contribution in [0.25, 0.3) is 10.9 Å². The average molecular weight is 324 g/mol. The number of ether oxygens (including phenoxy) is 1. The number of carbonyl (C=O) groups excluding carboxylic acids is 2. The third-order valence-corrected chi connectivity index (χ3v) is 3.81. The number of aryl methyl sites for hydroxylation is 2. The Bertz CT molecular complexity index is 946. The Morgan fingerprint density at radius 1 is 1.21 bits per heavy atom. The van der Waals surface area contributed by atoms with E-state index in [0.717, 1.165) is 11.3 Å². The van der Waals surface area contributed by atoms with Gasteiger partial charge in [-0.2, -0.15) is 0 Å². The Hall–Kier alpha value is -3.09. The topological polar surface area (TPSA) is 87.0 Å². The standard InChI is InChI=1S/C17H16N4O3/c1-10-11(2)18-13-7-5-4-6-12(13)16(10)17(23)24-9-15(22)14-8-21(3)20-19-14/h4-8H,9H2,1-3H3. The second-order valence-corrected chi connectivity index (χ2v) is 5.49. The lowest BCUT2D eigenvalue weighted by molar-refractivity contribution is 0.0474. The molecule has 0 aliphatic heterocycles. The number of carbonyl (C=O) groups is 2. The summed E-state index contributed by atoms with van der Waals surface area (Å²) >= 11 is 0. The van der Waals surface area contributed by atoms with E-state index in [4.69, 9.17) is 4.74 Å². The maximum Gasteiger partial charge on any atom is 0.339 e. The molecule has 0 N–H and O–H groups in total. The minimum atomic E-state index is -0.550. The molecular weight excluding hydrogens is 308 g/mol. The molecule has 0 saturated heterocycles. The summed E-state index contributed by atoms with van der Waals surface area (Å²) in [5.74, 6) is -0.948. The van der Waals surface area contributed by atoms with Crippen LogP contribution in [0.4, 0.5) is 0 Å². The van der Waals surface area contributed by atoms with Crippen molar-refractivity contribution in [1.82, 2.24) is 20.0 Å². The van der Waals surface area contributed by atoms with Crippen molar-refractivity contribution < 1.29 is 14.3 Å². The summed E-state index contributed by atoms with van der Waals surface area (Å²) in [5, 5.41) is 8.10. The van der Waals surface area contributed by atoms with Gasteiger partial charge >= 0.3 is 5.97 Å². The van der Waals surface area contributed by atoms with Crippen molar-refractivity contribution in [2.45, 2.75) is 13.8 Å². The SMILES string of the molecule is Cc1nc2ccccc2c(C(=O)OCC(=O)c2cn(C)nn2)c1C. The van der Waals surface area contributed by atoms with Gasteiger partial charge in [-0.3, -0.25) is 14.5 Å². The van der Waals surface area contributed by atoms with Crippen LogP contribution in [-0.4, -0.2) is 38.3 Å². The number of pyridine rings is 1. The molecule has 2 heterocycles. The van der Waals surface area contributed by atoms with Crippen LogP contribution in [0.1, 0.15) is 32.1 Å². The fraction of sp³-hybridized carbons (Fsp3) is 0.235. The van der Waals surface area contributed by atoms with Gasteiger partial charge in [-0.15, -0.1) is 5.10 Å². The molecule has 0 unspecified atom stereocenters. The number of nitrogens with zero attached hydrogens (tertiary/aromatic N) is 4. The summed E-state index contributed by atoms with van der Waals surface area (Å²) in [6, 6.07) is 7.34. The largest absolute Gasteiger partial charge is 0.454 e. The predicted molar refractivity (Wildman–Crippen MR) is 86.8 cm³/mol. The average Bonchev–Trinajstić information content (AvgIpc) is 3.00. The Labute approximate surface area is 138 Å². The summed E-state index contributed by atoms with van der Waals surface area (Å²) in [6.45, 7) is 3.27. The molecule has 1 aromatic carbocycles. The van der Waals surface area contributed by atoms with Gasteiger partial charge in [-0.1, -0.05) is 23.4 Å². The van der Waals surface area contributed by atoms with Crippen LogP contribution in [-0.2, 0) is 11.8 Å². The molecule has 2 aromatic heterocycles. The van der Waals surface area contributed by atoms with Gasteiger partial charge in [0.15, 0.2) is 12.3 Å². The number of aromatic nitrogens is 4. The molecule has 0 bridgehead atoms. The van der Waals surface area contributed by atoms with E-state index in [1.807, 2.05) is 38.1 Å². The molecule has 0 amide bonds. The lowest BCUT2D eigenvalue weighted by atomic mass is 10.0. The molecule has 24 heavy (non-hydrogen) atoms. The van der Waals surface area contributed by atoms with Gasteiger partial charge in [0, 0.05) is 18.1 Å². The van der Waals surface area contributed by atoms with Crippen molar-refractivity contribution in [3.8, 4) is 0 Å². The maximum atomic E-state index is 12.5. The first kappa shape index (κ1) is 15.8. The highest BCUT2D eigenvalue weighted by Gasteiger charge is 2.19. The number of rotatable bonds is 4. The number of hydrogen-bond donors (Lipinski definition) is 0. The highest BCUT2D eigenvalue weighted by molar-refractivity contribution is 6.06. The lowest BCUT2D eigenvalue weighted by Crippen LogP contribution is -2.16. The zero-order valence-corrected chi connectivity index (χ0v) is 13.6. The fourth-order valence-corrected chi connectivity index (χ4v) is 2.45. The number of hydrogen-bond acceptors (Lipinski definition) is 6. The summed E-state index contributed by atoms with van der Waals surface area (Å²) in [5.41, 5.74) is 2.81. The minimum Gasteiger partial charge on any atom is -0.454 e. The van der Waals surface area contributed by atoms with E-state index < -0.39 is 11.8 Å². The fourth-order valence-electron chi connectivity index (χ4n) is 2.45. The second kappa shape index (κ2) is 6.19. The number of para-hydroxylation sites is 1. The van der Waals surface area contributed by atoms with E-state index in [2.05, 4.69) is 15.3 Å². The quantitative estimate of drug-likeness (QED) is 0.539. The summed E-state index contributed by atoms with van der Waals surface area (Å²) < 4.78 is 6.62. The van der Waals surface area contributed by atoms with Crippen LogP contribution in [0, 0.1) is 13.8 Å². The number of fused-ring (bicyclic) bond motifs is 1. The summed E-state index contributed by atoms with van der Waals surface area (Å²) in [7, 11) is 1.66. The van der Waals surface area contributed by atoms with Gasteiger partial charge in [0.1, 0.15) is 0 Å². The molecule has 0 spiro atoms. The third kappa shape index (κ3) is 2.88.